The van der Waals surface area contributed by atoms with E-state index in [-0.39, 0.29) is 5.60 Å². The largest absolute Gasteiger partial charge is 0.388 e. The molecule has 0 radical (unpaired) electrons. The van der Waals surface area contributed by atoms with Crippen LogP contribution in [0.1, 0.15) is 52.4 Å². The van der Waals surface area contributed by atoms with E-state index in [0.29, 0.717) is 6.54 Å². The maximum absolute atomic E-state index is 10.4. The van der Waals surface area contributed by atoms with Crippen molar-refractivity contribution in [2.24, 2.45) is 4.99 Å². The van der Waals surface area contributed by atoms with E-state index in [4.69, 9.17) is 4.74 Å². The van der Waals surface area contributed by atoms with Crippen molar-refractivity contribution < 1.29 is 9.84 Å². The molecule has 0 aromatic heterocycles. The van der Waals surface area contributed by atoms with Crippen molar-refractivity contribution in [1.29, 1.82) is 0 Å². The zero-order valence-electron chi connectivity index (χ0n) is 12.9. The summed E-state index contributed by atoms with van der Waals surface area (Å²) in [5.41, 5.74) is -0.670. The second-order valence-corrected chi connectivity index (χ2v) is 6.38. The van der Waals surface area contributed by atoms with E-state index in [1.807, 2.05) is 0 Å². The van der Waals surface area contributed by atoms with Gasteiger partial charge in [-0.25, -0.2) is 0 Å². The summed E-state index contributed by atoms with van der Waals surface area (Å²) in [5, 5.41) is 16.9. The average molecular weight is 283 g/mol. The van der Waals surface area contributed by atoms with Crippen molar-refractivity contribution in [3.05, 3.63) is 0 Å². The van der Waals surface area contributed by atoms with Crippen molar-refractivity contribution in [3.63, 3.8) is 0 Å². The number of aliphatic imine (C=N–C) groups is 1. The molecule has 2 rings (SSSR count). The number of guanidine groups is 1. The summed E-state index contributed by atoms with van der Waals surface area (Å²) in [5.74, 6) is 0.782. The van der Waals surface area contributed by atoms with Crippen LogP contribution in [0.5, 0.6) is 0 Å². The van der Waals surface area contributed by atoms with Gasteiger partial charge in [0.1, 0.15) is 0 Å². The Morgan fingerprint density at radius 3 is 2.55 bits per heavy atom. The van der Waals surface area contributed by atoms with E-state index < -0.39 is 5.60 Å². The third-order valence-electron chi connectivity index (χ3n) is 4.34. The molecule has 5 heteroatoms. The fourth-order valence-electron chi connectivity index (χ4n) is 3.01. The molecule has 3 N–H and O–H groups in total. The number of rotatable bonds is 5. The Morgan fingerprint density at radius 1 is 1.20 bits per heavy atom. The lowest BCUT2D eigenvalue weighted by Gasteiger charge is -2.25. The van der Waals surface area contributed by atoms with E-state index in [1.165, 1.54) is 0 Å². The average Bonchev–Trinajstić information content (AvgIpc) is 3.03. The van der Waals surface area contributed by atoms with Gasteiger partial charge in [0.2, 0.25) is 0 Å². The van der Waals surface area contributed by atoms with Gasteiger partial charge in [-0.3, -0.25) is 4.99 Å². The van der Waals surface area contributed by atoms with Crippen molar-refractivity contribution >= 4 is 5.96 Å². The minimum Gasteiger partial charge on any atom is -0.388 e. The van der Waals surface area contributed by atoms with Gasteiger partial charge in [-0.1, -0.05) is 12.8 Å². The number of nitrogens with one attached hydrogen (secondary N) is 2. The first-order valence-electron chi connectivity index (χ1n) is 7.94. The van der Waals surface area contributed by atoms with Crippen LogP contribution in [0.25, 0.3) is 0 Å². The first kappa shape index (κ1) is 15.6. The van der Waals surface area contributed by atoms with Crippen LogP contribution in [0.2, 0.25) is 0 Å². The topological polar surface area (TPSA) is 65.9 Å². The smallest absolute Gasteiger partial charge is 0.191 e. The number of hydrogen-bond acceptors (Lipinski definition) is 3. The Hall–Kier alpha value is -0.810. The predicted octanol–water partition coefficient (Wildman–Crippen LogP) is 1.42. The lowest BCUT2D eigenvalue weighted by atomic mass is 10.0. The highest BCUT2D eigenvalue weighted by atomic mass is 16.5. The van der Waals surface area contributed by atoms with E-state index in [1.54, 1.807) is 0 Å². The van der Waals surface area contributed by atoms with Gasteiger partial charge in [0, 0.05) is 19.7 Å². The molecule has 116 valence electrons. The molecule has 0 amide bonds. The first-order valence-corrected chi connectivity index (χ1v) is 7.94. The molecule has 1 aliphatic carbocycles. The molecule has 0 spiro atoms. The number of ether oxygens (including phenoxy) is 1. The summed E-state index contributed by atoms with van der Waals surface area (Å²) in [6.07, 6.45) is 6.19. The van der Waals surface area contributed by atoms with E-state index in [9.17, 15) is 5.11 Å². The van der Waals surface area contributed by atoms with Gasteiger partial charge in [-0.15, -0.1) is 0 Å². The van der Waals surface area contributed by atoms with Gasteiger partial charge >= 0.3 is 0 Å². The van der Waals surface area contributed by atoms with Crippen molar-refractivity contribution in [3.8, 4) is 0 Å². The van der Waals surface area contributed by atoms with Crippen LogP contribution >= 0.6 is 0 Å². The number of hydrogen-bond donors (Lipinski definition) is 3. The maximum atomic E-state index is 10.4. The van der Waals surface area contributed by atoms with E-state index in [0.717, 1.165) is 64.2 Å². The van der Waals surface area contributed by atoms with Crippen molar-refractivity contribution in [1.82, 2.24) is 10.6 Å². The van der Waals surface area contributed by atoms with Crippen LogP contribution in [-0.2, 0) is 4.74 Å². The van der Waals surface area contributed by atoms with Crippen LogP contribution in [0.15, 0.2) is 4.99 Å². The molecule has 1 heterocycles. The summed E-state index contributed by atoms with van der Waals surface area (Å²) in [6.45, 7) is 7.11. The summed E-state index contributed by atoms with van der Waals surface area (Å²) in [4.78, 5) is 4.55. The molecule has 1 aliphatic heterocycles. The monoisotopic (exact) mass is 283 g/mol. The zero-order chi connectivity index (χ0) is 14.5. The third-order valence-corrected chi connectivity index (χ3v) is 4.34. The number of aliphatic hydroxyl groups is 1. The first-order chi connectivity index (χ1) is 9.55. The fraction of sp³-hybridized carbons (Fsp3) is 0.933. The van der Waals surface area contributed by atoms with Crippen LogP contribution in [0.3, 0.4) is 0 Å². The minimum absolute atomic E-state index is 0.0829. The van der Waals surface area contributed by atoms with Crippen molar-refractivity contribution in [2.75, 3.05) is 26.2 Å². The SMILES string of the molecule is CCNC(=NCC1(O)CCCC1)NCC1(C)CCCO1. The van der Waals surface area contributed by atoms with Gasteiger partial charge in [0.25, 0.3) is 0 Å². The summed E-state index contributed by atoms with van der Waals surface area (Å²) in [6, 6.07) is 0. The fourth-order valence-corrected chi connectivity index (χ4v) is 3.01. The van der Waals surface area contributed by atoms with E-state index >= 15 is 0 Å². The van der Waals surface area contributed by atoms with Gasteiger partial charge in [-0.2, -0.15) is 0 Å². The molecule has 1 unspecified atom stereocenters. The molecule has 2 aliphatic rings. The van der Waals surface area contributed by atoms with Gasteiger partial charge in [0.05, 0.1) is 17.7 Å². The molecular formula is C15H29N3O2. The molecule has 20 heavy (non-hydrogen) atoms. The molecular weight excluding hydrogens is 254 g/mol. The predicted molar refractivity (Wildman–Crippen MR) is 81.0 cm³/mol. The minimum atomic E-state index is -0.587. The van der Waals surface area contributed by atoms with Gasteiger partial charge < -0.3 is 20.5 Å². The molecule has 0 aromatic carbocycles. The molecule has 5 nitrogen and oxygen atoms in total. The van der Waals surface area contributed by atoms with E-state index in [2.05, 4.69) is 29.5 Å². The Bertz CT molecular complexity index is 332. The molecule has 1 saturated carbocycles. The summed E-state index contributed by atoms with van der Waals surface area (Å²) < 4.78 is 5.77. The Labute approximate surface area is 122 Å². The second kappa shape index (κ2) is 6.76. The Kier molecular flexibility index (Phi) is 5.27. The molecule has 1 atom stereocenters. The summed E-state index contributed by atoms with van der Waals surface area (Å²) >= 11 is 0. The highest BCUT2D eigenvalue weighted by Crippen LogP contribution is 2.29. The van der Waals surface area contributed by atoms with Crippen LogP contribution in [0, 0.1) is 0 Å². The quantitative estimate of drug-likeness (QED) is 0.527. The molecule has 0 aromatic rings. The van der Waals surface area contributed by atoms with Crippen molar-refractivity contribution in [2.45, 2.75) is 63.6 Å². The Morgan fingerprint density at radius 2 is 1.95 bits per heavy atom. The zero-order valence-corrected chi connectivity index (χ0v) is 12.9. The van der Waals surface area contributed by atoms with Gasteiger partial charge in [0.15, 0.2) is 5.96 Å². The standard InChI is InChI=1S/C15H29N3O2/c1-3-16-13(17-11-14(2)7-6-10-20-14)18-12-15(19)8-4-5-9-15/h19H,3-12H2,1-2H3,(H2,16,17,18). The van der Waals surface area contributed by atoms with Crippen LogP contribution in [-0.4, -0.2) is 48.5 Å². The maximum Gasteiger partial charge on any atom is 0.191 e. The van der Waals surface area contributed by atoms with Crippen LogP contribution in [0.4, 0.5) is 0 Å². The highest BCUT2D eigenvalue weighted by Gasteiger charge is 2.32. The lowest BCUT2D eigenvalue weighted by molar-refractivity contribution is 0.0242. The number of nitrogens with zero attached hydrogens (tertiary/aromatic N) is 1. The second-order valence-electron chi connectivity index (χ2n) is 6.38. The normalized spacial score (nSPS) is 29.6. The third kappa shape index (κ3) is 4.35. The molecule has 2 fully saturated rings. The highest BCUT2D eigenvalue weighted by molar-refractivity contribution is 5.79. The molecule has 0 bridgehead atoms. The van der Waals surface area contributed by atoms with Crippen LogP contribution < -0.4 is 10.6 Å². The summed E-state index contributed by atoms with van der Waals surface area (Å²) in [7, 11) is 0. The van der Waals surface area contributed by atoms with Gasteiger partial charge in [-0.05, 0) is 39.5 Å². The molecule has 1 saturated heterocycles. The Balaban J connectivity index is 1.85. The lowest BCUT2D eigenvalue weighted by Crippen LogP contribution is -2.46.